The molecule has 12 heteroatoms. The van der Waals surface area contributed by atoms with Gasteiger partial charge in [0.25, 0.3) is 11.8 Å². The minimum atomic E-state index is -2.77. The lowest BCUT2D eigenvalue weighted by molar-refractivity contribution is 0.112. The highest BCUT2D eigenvalue weighted by atomic mass is 19.3. The summed E-state index contributed by atoms with van der Waals surface area (Å²) in [7, 11) is 0. The number of nitrogens with zero attached hydrogens (tertiary/aromatic N) is 7. The van der Waals surface area contributed by atoms with E-state index in [1.807, 2.05) is 17.0 Å². The first-order chi connectivity index (χ1) is 17.0. The van der Waals surface area contributed by atoms with Gasteiger partial charge in [0, 0.05) is 31.6 Å². The van der Waals surface area contributed by atoms with Crippen molar-refractivity contribution < 1.29 is 17.6 Å². The quantitative estimate of drug-likeness (QED) is 0.450. The molecule has 0 amide bonds. The first-order valence-corrected chi connectivity index (χ1v) is 11.2. The van der Waals surface area contributed by atoms with E-state index in [2.05, 4.69) is 48.6 Å². The molecule has 35 heavy (non-hydrogen) atoms. The molecule has 2 aliphatic rings. The van der Waals surface area contributed by atoms with Crippen molar-refractivity contribution in [2.75, 3.05) is 23.7 Å². The van der Waals surface area contributed by atoms with Crippen LogP contribution in [0.3, 0.4) is 0 Å². The van der Waals surface area contributed by atoms with Crippen molar-refractivity contribution in [1.29, 1.82) is 0 Å². The summed E-state index contributed by atoms with van der Waals surface area (Å²) in [5, 5.41) is 15.7. The average Bonchev–Trinajstić information content (AvgIpc) is 3.63. The first kappa shape index (κ1) is 21.3. The molecule has 10 nitrogen and oxygen atoms in total. The van der Waals surface area contributed by atoms with Crippen LogP contribution < -0.4 is 10.6 Å². The van der Waals surface area contributed by atoms with Crippen LogP contribution in [0.2, 0.25) is 0 Å². The number of nitrogens with two attached hydrogens (primary N) is 1. The summed E-state index contributed by atoms with van der Waals surface area (Å²) in [6.45, 7) is 1.15. The molecule has 1 saturated heterocycles. The summed E-state index contributed by atoms with van der Waals surface area (Å²) in [5.41, 5.74) is 10.5. The summed E-state index contributed by atoms with van der Waals surface area (Å²) < 4.78 is 36.6. The second-order valence-corrected chi connectivity index (χ2v) is 8.47. The number of halogens is 2. The highest BCUT2D eigenvalue weighted by Crippen LogP contribution is 2.36. The van der Waals surface area contributed by atoms with Crippen LogP contribution in [0.15, 0.2) is 39.3 Å². The molecule has 0 radical (unpaired) electrons. The van der Waals surface area contributed by atoms with E-state index in [4.69, 9.17) is 14.6 Å². The Morgan fingerprint density at radius 3 is 2.63 bits per heavy atom. The van der Waals surface area contributed by atoms with Crippen molar-refractivity contribution in [3.05, 3.63) is 59.1 Å². The predicted octanol–water partition coefficient (Wildman–Crippen LogP) is 3.91. The number of benzene rings is 1. The Morgan fingerprint density at radius 1 is 1.03 bits per heavy atom. The molecule has 6 rings (SSSR count). The lowest BCUT2D eigenvalue weighted by Crippen LogP contribution is -2.33. The number of allylic oxidation sites excluding steroid dienone is 1. The molecule has 0 atom stereocenters. The van der Waals surface area contributed by atoms with Crippen LogP contribution >= 0.6 is 0 Å². The molecule has 0 spiro atoms. The number of piperidine rings is 1. The van der Waals surface area contributed by atoms with E-state index in [1.54, 1.807) is 6.20 Å². The third-order valence-electron chi connectivity index (χ3n) is 6.28. The minimum absolute atomic E-state index is 0.0957. The molecule has 4 aromatic rings. The number of hydrogen-bond donors (Lipinski definition) is 1. The van der Waals surface area contributed by atoms with Crippen LogP contribution in [0, 0.1) is 0 Å². The van der Waals surface area contributed by atoms with Gasteiger partial charge in [-0.05, 0) is 35.6 Å². The molecule has 1 fully saturated rings. The number of nitrogen functional groups attached to an aromatic ring is 1. The van der Waals surface area contributed by atoms with Gasteiger partial charge in [-0.15, -0.1) is 15.3 Å². The van der Waals surface area contributed by atoms with Gasteiger partial charge in [-0.1, -0.05) is 29.4 Å². The van der Waals surface area contributed by atoms with Crippen LogP contribution in [-0.4, -0.2) is 43.5 Å². The second kappa shape index (κ2) is 8.53. The molecule has 2 N–H and O–H groups in total. The van der Waals surface area contributed by atoms with Crippen molar-refractivity contribution in [1.82, 2.24) is 30.4 Å². The van der Waals surface area contributed by atoms with Gasteiger partial charge in [0.05, 0.1) is 11.3 Å². The van der Waals surface area contributed by atoms with E-state index < -0.39 is 12.3 Å². The van der Waals surface area contributed by atoms with Crippen molar-refractivity contribution >= 4 is 23.6 Å². The molecule has 178 valence electrons. The Morgan fingerprint density at radius 2 is 1.86 bits per heavy atom. The van der Waals surface area contributed by atoms with E-state index in [0.717, 1.165) is 17.6 Å². The standard InChI is InChI=1S/C23H20F2N8O2/c24-18(25)21-31-29-19(34-21)12-5-7-33(8-6-12)23-32-30-20(35-23)16-11-27-22(26)28-17(16)15-9-13-3-1-2-4-14(13)10-15/h1-4,9,11-12,18H,5-8,10H2,(H2,26,27,28). The van der Waals surface area contributed by atoms with Crippen LogP contribution in [0.1, 0.15) is 53.8 Å². The fourth-order valence-electron chi connectivity index (χ4n) is 4.50. The number of rotatable bonds is 5. The number of alkyl halides is 2. The molecule has 4 heterocycles. The molecule has 1 aliphatic heterocycles. The highest BCUT2D eigenvalue weighted by Gasteiger charge is 2.29. The van der Waals surface area contributed by atoms with Crippen molar-refractivity contribution in [3.63, 3.8) is 0 Å². The molecule has 0 bridgehead atoms. The maximum absolute atomic E-state index is 12.7. The van der Waals surface area contributed by atoms with Crippen LogP contribution in [0.25, 0.3) is 23.1 Å². The van der Waals surface area contributed by atoms with Gasteiger partial charge in [0.2, 0.25) is 11.8 Å². The topological polar surface area (TPSA) is 133 Å². The fourth-order valence-corrected chi connectivity index (χ4v) is 4.50. The maximum atomic E-state index is 12.7. The zero-order valence-corrected chi connectivity index (χ0v) is 18.4. The monoisotopic (exact) mass is 478 g/mol. The average molecular weight is 478 g/mol. The number of aromatic nitrogens is 6. The van der Waals surface area contributed by atoms with Gasteiger partial charge in [-0.3, -0.25) is 0 Å². The molecule has 1 aromatic carbocycles. The zero-order chi connectivity index (χ0) is 23.9. The van der Waals surface area contributed by atoms with Gasteiger partial charge in [-0.2, -0.15) is 8.78 Å². The van der Waals surface area contributed by atoms with E-state index in [0.29, 0.717) is 49.1 Å². The largest absolute Gasteiger partial charge is 0.419 e. The van der Waals surface area contributed by atoms with Crippen molar-refractivity contribution in [2.45, 2.75) is 31.6 Å². The molecular formula is C23H20F2N8O2. The Kier molecular flexibility index (Phi) is 5.20. The van der Waals surface area contributed by atoms with E-state index >= 15 is 0 Å². The minimum Gasteiger partial charge on any atom is -0.419 e. The predicted molar refractivity (Wildman–Crippen MR) is 121 cm³/mol. The van der Waals surface area contributed by atoms with Gasteiger partial charge in [-0.25, -0.2) is 9.97 Å². The molecule has 1 aliphatic carbocycles. The lowest BCUT2D eigenvalue weighted by Gasteiger charge is -2.28. The third-order valence-corrected chi connectivity index (χ3v) is 6.28. The number of anilines is 2. The fraction of sp³-hybridized carbons (Fsp3) is 0.304. The summed E-state index contributed by atoms with van der Waals surface area (Å²) in [5.74, 6) is -0.0424. The van der Waals surface area contributed by atoms with Crippen LogP contribution in [0.4, 0.5) is 20.7 Å². The smallest absolute Gasteiger partial charge is 0.318 e. The summed E-state index contributed by atoms with van der Waals surface area (Å²) in [4.78, 5) is 10.6. The van der Waals surface area contributed by atoms with Crippen molar-refractivity contribution in [3.8, 4) is 11.5 Å². The Labute approximate surface area is 197 Å². The Bertz CT molecular complexity index is 1410. The van der Waals surface area contributed by atoms with E-state index in [1.165, 1.54) is 5.56 Å². The van der Waals surface area contributed by atoms with Crippen LogP contribution in [0.5, 0.6) is 0 Å². The SMILES string of the molecule is Nc1ncc(-c2nnc(N3CCC(c4nnc(C(F)F)o4)CC3)o2)c(C2=Cc3ccccc3C2)n1. The van der Waals surface area contributed by atoms with Gasteiger partial charge >= 0.3 is 12.4 Å². The van der Waals surface area contributed by atoms with Crippen molar-refractivity contribution in [2.24, 2.45) is 0 Å². The molecule has 0 saturated carbocycles. The Hall–Kier alpha value is -4.22. The normalized spacial score (nSPS) is 16.1. The van der Waals surface area contributed by atoms with Gasteiger partial charge < -0.3 is 19.5 Å². The van der Waals surface area contributed by atoms with Gasteiger partial charge in [0.1, 0.15) is 0 Å². The molecular weight excluding hydrogens is 458 g/mol. The third kappa shape index (κ3) is 4.00. The highest BCUT2D eigenvalue weighted by molar-refractivity contribution is 5.91. The Balaban J connectivity index is 1.20. The van der Waals surface area contributed by atoms with E-state index in [9.17, 15) is 8.78 Å². The molecule has 3 aromatic heterocycles. The first-order valence-electron chi connectivity index (χ1n) is 11.2. The zero-order valence-electron chi connectivity index (χ0n) is 18.4. The summed E-state index contributed by atoms with van der Waals surface area (Å²) in [6, 6.07) is 8.51. The summed E-state index contributed by atoms with van der Waals surface area (Å²) >= 11 is 0. The summed E-state index contributed by atoms with van der Waals surface area (Å²) in [6.07, 6.45) is 2.88. The van der Waals surface area contributed by atoms with Gasteiger partial charge in [0.15, 0.2) is 0 Å². The number of hydrogen-bond acceptors (Lipinski definition) is 10. The van der Waals surface area contributed by atoms with E-state index in [-0.39, 0.29) is 17.8 Å². The maximum Gasteiger partial charge on any atom is 0.318 e. The van der Waals surface area contributed by atoms with Crippen LogP contribution in [-0.2, 0) is 6.42 Å². The molecule has 0 unspecified atom stereocenters. The number of fused-ring (bicyclic) bond motifs is 1. The second-order valence-electron chi connectivity index (χ2n) is 8.47. The lowest BCUT2D eigenvalue weighted by atomic mass is 9.97.